The second-order valence-electron chi connectivity index (χ2n) is 5.15. The smallest absolute Gasteiger partial charge is 0.0593 e. The summed E-state index contributed by atoms with van der Waals surface area (Å²) >= 11 is 2.30. The van der Waals surface area contributed by atoms with E-state index in [0.29, 0.717) is 0 Å². The summed E-state index contributed by atoms with van der Waals surface area (Å²) in [4.78, 5) is 2.28. The van der Waals surface area contributed by atoms with Gasteiger partial charge in [0.1, 0.15) is 0 Å². The molecule has 2 rings (SSSR count). The van der Waals surface area contributed by atoms with Crippen LogP contribution < -0.4 is 5.73 Å². The molecule has 2 N–H and O–H groups in total. The normalized spacial score (nSPS) is 15.3. The minimum Gasteiger partial charge on any atom is -0.399 e. The predicted molar refractivity (Wildman–Crippen MR) is 83.4 cm³/mol. The van der Waals surface area contributed by atoms with E-state index < -0.39 is 0 Å². The third-order valence-corrected chi connectivity index (χ3v) is 3.72. The van der Waals surface area contributed by atoms with Crippen molar-refractivity contribution in [3.05, 3.63) is 27.3 Å². The van der Waals surface area contributed by atoms with E-state index in [9.17, 15) is 0 Å². The highest BCUT2D eigenvalue weighted by Gasteiger charge is 2.20. The first-order valence-corrected chi connectivity index (χ1v) is 7.52. The maximum absolute atomic E-state index is 5.85. The van der Waals surface area contributed by atoms with Gasteiger partial charge in [-0.05, 0) is 72.2 Å². The Balaban J connectivity index is 1.69. The Labute approximate surface area is 123 Å². The lowest BCUT2D eigenvalue weighted by Crippen LogP contribution is -2.23. The first kappa shape index (κ1) is 14.1. The van der Waals surface area contributed by atoms with E-state index in [1.165, 1.54) is 22.0 Å². The molecule has 0 atom stereocenters. The van der Waals surface area contributed by atoms with Crippen molar-refractivity contribution in [1.29, 1.82) is 0 Å². The minimum atomic E-state index is 0.826. The monoisotopic (exact) mass is 360 g/mol. The van der Waals surface area contributed by atoms with Gasteiger partial charge in [-0.3, -0.25) is 4.90 Å². The van der Waals surface area contributed by atoms with Crippen molar-refractivity contribution in [3.8, 4) is 0 Å². The number of ether oxygens (including phenoxy) is 1. The first-order chi connectivity index (χ1) is 8.63. The van der Waals surface area contributed by atoms with Gasteiger partial charge < -0.3 is 10.5 Å². The van der Waals surface area contributed by atoms with Crippen LogP contribution in [-0.2, 0) is 11.3 Å². The fraction of sp³-hybridized carbons (Fsp3) is 0.571. The second-order valence-corrected chi connectivity index (χ2v) is 6.39. The molecule has 0 radical (unpaired) electrons. The highest BCUT2D eigenvalue weighted by Crippen LogP contribution is 2.28. The maximum atomic E-state index is 5.85. The van der Waals surface area contributed by atoms with Gasteiger partial charge in [-0.15, -0.1) is 0 Å². The molecule has 0 spiro atoms. The van der Waals surface area contributed by atoms with Crippen molar-refractivity contribution >= 4 is 28.3 Å². The first-order valence-electron chi connectivity index (χ1n) is 6.45. The number of hydrogen-bond acceptors (Lipinski definition) is 3. The number of nitrogens with zero attached hydrogens (tertiary/aromatic N) is 1. The Kier molecular flexibility index (Phi) is 5.26. The fourth-order valence-electron chi connectivity index (χ4n) is 1.91. The fourth-order valence-corrected chi connectivity index (χ4v) is 2.67. The Morgan fingerprint density at radius 2 is 2.17 bits per heavy atom. The van der Waals surface area contributed by atoms with E-state index in [-0.39, 0.29) is 0 Å². The molecule has 1 aliphatic carbocycles. The van der Waals surface area contributed by atoms with Gasteiger partial charge in [-0.2, -0.15) is 0 Å². The molecule has 0 heterocycles. The van der Waals surface area contributed by atoms with Crippen LogP contribution in [0.1, 0.15) is 18.4 Å². The molecular weight excluding hydrogens is 339 g/mol. The highest BCUT2D eigenvalue weighted by molar-refractivity contribution is 14.1. The SMILES string of the molecule is CN(CCOCC1CC1)Cc1cc(N)cc(I)c1. The third kappa shape index (κ3) is 5.12. The van der Waals surface area contributed by atoms with Gasteiger partial charge in [0.2, 0.25) is 0 Å². The molecule has 0 bridgehead atoms. The van der Waals surface area contributed by atoms with Crippen molar-refractivity contribution in [2.24, 2.45) is 5.92 Å². The van der Waals surface area contributed by atoms with E-state index in [4.69, 9.17) is 10.5 Å². The zero-order chi connectivity index (χ0) is 13.0. The van der Waals surface area contributed by atoms with Crippen LogP contribution in [0.4, 0.5) is 5.69 Å². The van der Waals surface area contributed by atoms with Crippen LogP contribution in [0.3, 0.4) is 0 Å². The van der Waals surface area contributed by atoms with Crippen molar-refractivity contribution in [3.63, 3.8) is 0 Å². The van der Waals surface area contributed by atoms with Crippen molar-refractivity contribution < 1.29 is 4.74 Å². The summed E-state index contributed by atoms with van der Waals surface area (Å²) < 4.78 is 6.84. The number of nitrogens with two attached hydrogens (primary N) is 1. The van der Waals surface area contributed by atoms with Crippen LogP contribution >= 0.6 is 22.6 Å². The molecule has 18 heavy (non-hydrogen) atoms. The molecule has 0 saturated heterocycles. The number of likely N-dealkylation sites (N-methyl/N-ethyl adjacent to an activating group) is 1. The van der Waals surface area contributed by atoms with Gasteiger partial charge >= 0.3 is 0 Å². The molecule has 1 saturated carbocycles. The zero-order valence-corrected chi connectivity index (χ0v) is 13.0. The Morgan fingerprint density at radius 1 is 1.39 bits per heavy atom. The molecule has 0 amide bonds. The highest BCUT2D eigenvalue weighted by atomic mass is 127. The zero-order valence-electron chi connectivity index (χ0n) is 10.9. The minimum absolute atomic E-state index is 0.826. The van der Waals surface area contributed by atoms with E-state index in [0.717, 1.165) is 37.9 Å². The van der Waals surface area contributed by atoms with Crippen LogP contribution in [-0.4, -0.2) is 31.7 Å². The molecule has 4 heteroatoms. The molecule has 100 valence electrons. The molecule has 0 unspecified atom stereocenters. The Bertz CT molecular complexity index is 373. The summed E-state index contributed by atoms with van der Waals surface area (Å²) in [6, 6.07) is 6.21. The van der Waals surface area contributed by atoms with Crippen LogP contribution in [0.15, 0.2) is 18.2 Å². The average molecular weight is 360 g/mol. The summed E-state index contributed by atoms with van der Waals surface area (Å²) in [7, 11) is 2.12. The summed E-state index contributed by atoms with van der Waals surface area (Å²) in [5.41, 5.74) is 7.96. The lowest BCUT2D eigenvalue weighted by atomic mass is 10.2. The summed E-state index contributed by atoms with van der Waals surface area (Å²) in [6.45, 7) is 3.67. The number of nitrogen functional groups attached to an aromatic ring is 1. The average Bonchev–Trinajstić information content (AvgIpc) is 3.06. The quantitative estimate of drug-likeness (QED) is 0.462. The number of benzene rings is 1. The molecule has 1 aromatic rings. The van der Waals surface area contributed by atoms with Crippen molar-refractivity contribution in [2.75, 3.05) is 32.5 Å². The third-order valence-electron chi connectivity index (χ3n) is 3.10. The lowest BCUT2D eigenvalue weighted by Gasteiger charge is -2.17. The van der Waals surface area contributed by atoms with Gasteiger partial charge in [-0.25, -0.2) is 0 Å². The van der Waals surface area contributed by atoms with E-state index in [1.54, 1.807) is 0 Å². The summed E-state index contributed by atoms with van der Waals surface area (Å²) in [6.07, 6.45) is 2.72. The van der Waals surface area contributed by atoms with Gasteiger partial charge in [0, 0.05) is 29.0 Å². The Morgan fingerprint density at radius 3 is 2.83 bits per heavy atom. The van der Waals surface area contributed by atoms with Crippen LogP contribution in [0.5, 0.6) is 0 Å². The molecule has 1 aliphatic rings. The summed E-state index contributed by atoms with van der Waals surface area (Å²) in [5, 5.41) is 0. The van der Waals surface area contributed by atoms with E-state index in [2.05, 4.69) is 40.6 Å². The van der Waals surface area contributed by atoms with Crippen molar-refractivity contribution in [2.45, 2.75) is 19.4 Å². The van der Waals surface area contributed by atoms with Crippen LogP contribution in [0, 0.1) is 9.49 Å². The number of rotatable bonds is 7. The van der Waals surface area contributed by atoms with Gasteiger partial charge in [0.05, 0.1) is 6.61 Å². The summed E-state index contributed by atoms with van der Waals surface area (Å²) in [5.74, 6) is 0.853. The van der Waals surface area contributed by atoms with Gasteiger partial charge in [-0.1, -0.05) is 0 Å². The molecular formula is C14H21IN2O. The molecule has 3 nitrogen and oxygen atoms in total. The molecule has 0 aromatic heterocycles. The standard InChI is InChI=1S/C14H21IN2O/c1-17(4-5-18-10-11-2-3-11)9-12-6-13(15)8-14(16)7-12/h6-8,11H,2-5,9-10,16H2,1H3. The van der Waals surface area contributed by atoms with Gasteiger partial charge in [0.15, 0.2) is 0 Å². The van der Waals surface area contributed by atoms with Gasteiger partial charge in [0.25, 0.3) is 0 Å². The number of halogens is 1. The van der Waals surface area contributed by atoms with E-state index in [1.807, 2.05) is 12.1 Å². The number of hydrogen-bond donors (Lipinski definition) is 1. The van der Waals surface area contributed by atoms with Crippen LogP contribution in [0.2, 0.25) is 0 Å². The van der Waals surface area contributed by atoms with Crippen LogP contribution in [0.25, 0.3) is 0 Å². The lowest BCUT2D eigenvalue weighted by molar-refractivity contribution is 0.102. The number of anilines is 1. The largest absolute Gasteiger partial charge is 0.399 e. The molecule has 0 aliphatic heterocycles. The predicted octanol–water partition coefficient (Wildman–Crippen LogP) is 2.73. The topological polar surface area (TPSA) is 38.5 Å². The second kappa shape index (κ2) is 6.73. The van der Waals surface area contributed by atoms with Crippen molar-refractivity contribution in [1.82, 2.24) is 4.90 Å². The Hall–Kier alpha value is -0.330. The van der Waals surface area contributed by atoms with E-state index >= 15 is 0 Å². The molecule has 1 aromatic carbocycles. The maximum Gasteiger partial charge on any atom is 0.0593 e. The molecule has 1 fully saturated rings.